The molecule has 0 bridgehead atoms. The average Bonchev–Trinajstić information content (AvgIpc) is 3.00. The highest BCUT2D eigenvalue weighted by atomic mass is 16.1. The minimum absolute atomic E-state index is 0.0376. The van der Waals surface area contributed by atoms with Gasteiger partial charge in [0, 0.05) is 49.1 Å². The molecule has 1 atom stereocenters. The van der Waals surface area contributed by atoms with Gasteiger partial charge < -0.3 is 20.5 Å². The van der Waals surface area contributed by atoms with Crippen molar-refractivity contribution in [3.63, 3.8) is 0 Å². The number of nitrogens with zero attached hydrogens (tertiary/aromatic N) is 2. The molecule has 1 aromatic heterocycles. The van der Waals surface area contributed by atoms with Gasteiger partial charge in [-0.3, -0.25) is 9.59 Å². The van der Waals surface area contributed by atoms with Crippen LogP contribution in [-0.2, 0) is 11.2 Å². The van der Waals surface area contributed by atoms with Crippen molar-refractivity contribution in [2.75, 3.05) is 26.2 Å². The second-order valence-corrected chi connectivity index (χ2v) is 9.32. The van der Waals surface area contributed by atoms with Gasteiger partial charge in [-0.05, 0) is 43.5 Å². The van der Waals surface area contributed by atoms with Crippen LogP contribution in [0, 0.1) is 12.3 Å². The van der Waals surface area contributed by atoms with Gasteiger partial charge in [0.15, 0.2) is 5.78 Å². The van der Waals surface area contributed by atoms with Gasteiger partial charge in [-0.25, -0.2) is 0 Å². The van der Waals surface area contributed by atoms with Crippen molar-refractivity contribution in [3.8, 4) is 0 Å². The van der Waals surface area contributed by atoms with E-state index >= 15 is 0 Å². The first-order chi connectivity index (χ1) is 14.2. The summed E-state index contributed by atoms with van der Waals surface area (Å²) in [6, 6.07) is 0.0632. The third kappa shape index (κ3) is 4.53. The van der Waals surface area contributed by atoms with E-state index in [4.69, 9.17) is 5.73 Å². The first-order valence-electron chi connectivity index (χ1n) is 11.1. The summed E-state index contributed by atoms with van der Waals surface area (Å²) in [6.07, 6.45) is 8.12. The quantitative estimate of drug-likeness (QED) is 0.687. The van der Waals surface area contributed by atoms with E-state index < -0.39 is 5.91 Å². The van der Waals surface area contributed by atoms with Crippen LogP contribution in [0.25, 0.3) is 0 Å². The number of ketones is 1. The number of fused-ring (bicyclic) bond motifs is 1. The van der Waals surface area contributed by atoms with E-state index in [1.807, 2.05) is 19.1 Å². The zero-order valence-corrected chi connectivity index (χ0v) is 19.0. The summed E-state index contributed by atoms with van der Waals surface area (Å²) in [4.78, 5) is 27.1. The van der Waals surface area contributed by atoms with Gasteiger partial charge in [-0.15, -0.1) is 0 Å². The molecule has 3 N–H and O–H groups in total. The molecule has 0 aromatic carbocycles. The van der Waals surface area contributed by atoms with E-state index in [1.54, 1.807) is 0 Å². The Labute approximate surface area is 180 Å². The number of carbonyl (C=O) groups excluding carboxylic acids is 2. The molecular formula is C24H36N4O2. The Kier molecular flexibility index (Phi) is 6.56. The van der Waals surface area contributed by atoms with Gasteiger partial charge in [0.05, 0.1) is 11.6 Å². The summed E-state index contributed by atoms with van der Waals surface area (Å²) >= 11 is 0. The van der Waals surface area contributed by atoms with Crippen molar-refractivity contribution >= 4 is 11.7 Å². The minimum atomic E-state index is -0.405. The Balaban J connectivity index is 1.85. The van der Waals surface area contributed by atoms with Crippen molar-refractivity contribution in [1.29, 1.82) is 0 Å². The molecule has 30 heavy (non-hydrogen) atoms. The standard InChI is InChI=1S/C24H36N4O2/c1-6-27(7-2)11-10-26-19-12-17(8-9-18(19)23(25)30)28-15-16(3)22-20(28)13-24(4,5)14-21(22)29/h8-9,15,17,26H,6-7,10-14H2,1-5H3,(H2,25,30). The smallest absolute Gasteiger partial charge is 0.250 e. The first kappa shape index (κ1) is 22.3. The van der Waals surface area contributed by atoms with Gasteiger partial charge in [0.1, 0.15) is 0 Å². The lowest BCUT2D eigenvalue weighted by Gasteiger charge is -2.32. The number of hydrogen-bond acceptors (Lipinski definition) is 4. The molecule has 164 valence electrons. The van der Waals surface area contributed by atoms with Crippen molar-refractivity contribution in [2.24, 2.45) is 11.1 Å². The van der Waals surface area contributed by atoms with Crippen molar-refractivity contribution in [2.45, 2.75) is 59.9 Å². The van der Waals surface area contributed by atoms with Crippen LogP contribution in [0.1, 0.15) is 68.2 Å². The molecule has 0 radical (unpaired) electrons. The Bertz CT molecular complexity index is 887. The lowest BCUT2D eigenvalue weighted by molar-refractivity contribution is -0.114. The molecule has 0 aliphatic heterocycles. The number of hydrogen-bond donors (Lipinski definition) is 2. The van der Waals surface area contributed by atoms with Crippen LogP contribution in [0.2, 0.25) is 0 Å². The Morgan fingerprint density at radius 2 is 2.00 bits per heavy atom. The van der Waals surface area contributed by atoms with E-state index in [9.17, 15) is 9.59 Å². The molecule has 1 amide bonds. The molecular weight excluding hydrogens is 376 g/mol. The maximum Gasteiger partial charge on any atom is 0.250 e. The van der Waals surface area contributed by atoms with E-state index in [0.29, 0.717) is 18.4 Å². The molecule has 0 saturated carbocycles. The summed E-state index contributed by atoms with van der Waals surface area (Å²) in [5.41, 5.74) is 10.1. The van der Waals surface area contributed by atoms with E-state index in [-0.39, 0.29) is 17.2 Å². The van der Waals surface area contributed by atoms with E-state index in [2.05, 4.69) is 48.7 Å². The first-order valence-corrected chi connectivity index (χ1v) is 11.1. The predicted molar refractivity (Wildman–Crippen MR) is 120 cm³/mol. The number of aromatic nitrogens is 1. The Morgan fingerprint density at radius 3 is 2.63 bits per heavy atom. The molecule has 1 heterocycles. The second kappa shape index (κ2) is 8.80. The van der Waals surface area contributed by atoms with Gasteiger partial charge in [-0.2, -0.15) is 0 Å². The number of rotatable bonds is 8. The zero-order valence-electron chi connectivity index (χ0n) is 19.0. The highest BCUT2D eigenvalue weighted by Gasteiger charge is 2.36. The normalized spacial score (nSPS) is 20.6. The van der Waals surface area contributed by atoms with Gasteiger partial charge in [-0.1, -0.05) is 33.8 Å². The van der Waals surface area contributed by atoms with Crippen LogP contribution in [-0.4, -0.2) is 47.3 Å². The third-order valence-corrected chi connectivity index (χ3v) is 6.40. The predicted octanol–water partition coefficient (Wildman–Crippen LogP) is 3.12. The lowest BCUT2D eigenvalue weighted by Crippen LogP contribution is -2.34. The molecule has 0 fully saturated rings. The number of nitrogens with two attached hydrogens (primary N) is 1. The number of Topliss-reactive ketones (excluding diaryl/α,β-unsaturated/α-hetero) is 1. The second-order valence-electron chi connectivity index (χ2n) is 9.32. The topological polar surface area (TPSA) is 80.4 Å². The fourth-order valence-corrected chi connectivity index (χ4v) is 4.79. The molecule has 6 heteroatoms. The van der Waals surface area contributed by atoms with Crippen molar-refractivity contribution < 1.29 is 9.59 Å². The fraction of sp³-hybridized carbons (Fsp3) is 0.583. The molecule has 1 aromatic rings. The van der Waals surface area contributed by atoms with Crippen LogP contribution < -0.4 is 11.1 Å². The van der Waals surface area contributed by atoms with E-state index in [1.165, 1.54) is 0 Å². The van der Waals surface area contributed by atoms with E-state index in [0.717, 1.165) is 55.1 Å². The fourth-order valence-electron chi connectivity index (χ4n) is 4.79. The Hall–Kier alpha value is -2.34. The average molecular weight is 413 g/mol. The minimum Gasteiger partial charge on any atom is -0.386 e. The van der Waals surface area contributed by atoms with Gasteiger partial charge in [0.25, 0.3) is 0 Å². The number of amides is 1. The summed E-state index contributed by atoms with van der Waals surface area (Å²) in [5.74, 6) is -0.166. The highest BCUT2D eigenvalue weighted by molar-refractivity contribution is 6.00. The maximum absolute atomic E-state index is 12.8. The Morgan fingerprint density at radius 1 is 1.30 bits per heavy atom. The van der Waals surface area contributed by atoms with Crippen molar-refractivity contribution in [1.82, 2.24) is 14.8 Å². The summed E-state index contributed by atoms with van der Waals surface area (Å²) in [6.45, 7) is 14.3. The highest BCUT2D eigenvalue weighted by Crippen LogP contribution is 2.39. The molecule has 0 saturated heterocycles. The lowest BCUT2D eigenvalue weighted by atomic mass is 9.75. The van der Waals surface area contributed by atoms with Crippen LogP contribution in [0.3, 0.4) is 0 Å². The van der Waals surface area contributed by atoms with Crippen LogP contribution in [0.5, 0.6) is 0 Å². The zero-order chi connectivity index (χ0) is 22.1. The molecule has 0 spiro atoms. The number of allylic oxidation sites excluding steroid dienone is 2. The van der Waals surface area contributed by atoms with Gasteiger partial charge >= 0.3 is 0 Å². The molecule has 1 unspecified atom stereocenters. The number of primary amides is 1. The number of carbonyl (C=O) groups is 2. The summed E-state index contributed by atoms with van der Waals surface area (Å²) in [5, 5.41) is 3.47. The molecule has 6 nitrogen and oxygen atoms in total. The summed E-state index contributed by atoms with van der Waals surface area (Å²) < 4.78 is 2.24. The maximum atomic E-state index is 12.8. The van der Waals surface area contributed by atoms with Crippen LogP contribution in [0.15, 0.2) is 29.6 Å². The summed E-state index contributed by atoms with van der Waals surface area (Å²) in [7, 11) is 0. The monoisotopic (exact) mass is 412 g/mol. The molecule has 3 rings (SSSR count). The van der Waals surface area contributed by atoms with Gasteiger partial charge in [0.2, 0.25) is 5.91 Å². The van der Waals surface area contributed by atoms with Crippen LogP contribution >= 0.6 is 0 Å². The molecule has 2 aliphatic carbocycles. The number of aryl methyl sites for hydroxylation is 1. The largest absolute Gasteiger partial charge is 0.386 e. The number of nitrogens with one attached hydrogen (secondary N) is 1. The van der Waals surface area contributed by atoms with Crippen molar-refractivity contribution in [3.05, 3.63) is 46.4 Å². The third-order valence-electron chi connectivity index (χ3n) is 6.40. The SMILES string of the molecule is CCN(CC)CCNC1=C(C(N)=O)C=CC(n2cc(C)c3c2CC(C)(C)CC3=O)C1. The molecule has 2 aliphatic rings. The number of likely N-dealkylation sites (N-methyl/N-ethyl adjacent to an activating group) is 1. The van der Waals surface area contributed by atoms with Crippen LogP contribution in [0.4, 0.5) is 0 Å².